The number of hydrogen-bond acceptors (Lipinski definition) is 3. The van der Waals surface area contributed by atoms with Crippen LogP contribution in [0.3, 0.4) is 0 Å². The summed E-state index contributed by atoms with van der Waals surface area (Å²) < 4.78 is 0. The number of piperidine rings is 1. The van der Waals surface area contributed by atoms with E-state index in [1.807, 2.05) is 25.7 Å². The van der Waals surface area contributed by atoms with Crippen LogP contribution in [-0.4, -0.2) is 33.9 Å². The van der Waals surface area contributed by atoms with Crippen LogP contribution >= 0.6 is 0 Å². The molecule has 1 aliphatic heterocycles. The van der Waals surface area contributed by atoms with E-state index >= 15 is 0 Å². The predicted molar refractivity (Wildman–Crippen MR) is 95.0 cm³/mol. The van der Waals surface area contributed by atoms with E-state index in [9.17, 15) is 4.79 Å². The monoisotopic (exact) mass is 323 g/mol. The van der Waals surface area contributed by atoms with Gasteiger partial charge in [0.2, 0.25) is 0 Å². The van der Waals surface area contributed by atoms with Gasteiger partial charge in [0.15, 0.2) is 0 Å². The van der Waals surface area contributed by atoms with Gasteiger partial charge in [-0.25, -0.2) is 9.97 Å². The highest BCUT2D eigenvalue weighted by atomic mass is 16.2. The molecule has 0 saturated carbocycles. The van der Waals surface area contributed by atoms with Crippen LogP contribution in [0.2, 0.25) is 0 Å². The quantitative estimate of drug-likeness (QED) is 0.868. The third-order valence-corrected chi connectivity index (χ3v) is 4.87. The van der Waals surface area contributed by atoms with Gasteiger partial charge in [0, 0.05) is 13.1 Å². The second kappa shape index (κ2) is 7.12. The van der Waals surface area contributed by atoms with Crippen molar-refractivity contribution in [2.45, 2.75) is 40.0 Å². The zero-order valence-corrected chi connectivity index (χ0v) is 14.7. The third kappa shape index (κ3) is 3.64. The molecule has 2 heterocycles. The van der Waals surface area contributed by atoms with Gasteiger partial charge in [-0.05, 0) is 51.5 Å². The van der Waals surface area contributed by atoms with E-state index in [0.717, 1.165) is 49.6 Å². The summed E-state index contributed by atoms with van der Waals surface area (Å²) >= 11 is 0. The number of amides is 1. The van der Waals surface area contributed by atoms with Gasteiger partial charge in [-0.2, -0.15) is 0 Å². The van der Waals surface area contributed by atoms with Crippen LogP contribution in [-0.2, 0) is 6.42 Å². The molecule has 4 heteroatoms. The van der Waals surface area contributed by atoms with Crippen LogP contribution in [0.15, 0.2) is 30.3 Å². The highest BCUT2D eigenvalue weighted by molar-refractivity contribution is 5.96. The minimum absolute atomic E-state index is 0.0863. The summed E-state index contributed by atoms with van der Waals surface area (Å²) in [7, 11) is 0. The first kappa shape index (κ1) is 16.6. The number of carbonyl (C=O) groups is 1. The molecule has 1 aromatic heterocycles. The smallest absolute Gasteiger partial charge is 0.257 e. The van der Waals surface area contributed by atoms with E-state index in [1.165, 1.54) is 5.56 Å². The molecule has 2 aromatic rings. The summed E-state index contributed by atoms with van der Waals surface area (Å²) in [5, 5.41) is 0. The van der Waals surface area contributed by atoms with Crippen LogP contribution in [0, 0.1) is 26.7 Å². The van der Waals surface area contributed by atoms with Gasteiger partial charge in [-0.15, -0.1) is 0 Å². The molecule has 0 aliphatic carbocycles. The Labute approximate surface area is 143 Å². The van der Waals surface area contributed by atoms with E-state index in [0.29, 0.717) is 11.5 Å². The van der Waals surface area contributed by atoms with Crippen molar-refractivity contribution < 1.29 is 4.79 Å². The van der Waals surface area contributed by atoms with Gasteiger partial charge in [-0.1, -0.05) is 30.3 Å². The topological polar surface area (TPSA) is 46.1 Å². The maximum absolute atomic E-state index is 12.9. The highest BCUT2D eigenvalue weighted by Gasteiger charge is 2.26. The maximum atomic E-state index is 12.9. The molecule has 4 nitrogen and oxygen atoms in total. The summed E-state index contributed by atoms with van der Waals surface area (Å²) in [5.74, 6) is 1.47. The van der Waals surface area contributed by atoms with Crippen molar-refractivity contribution in [2.24, 2.45) is 5.92 Å². The number of hydrogen-bond donors (Lipinski definition) is 0. The van der Waals surface area contributed by atoms with Crippen LogP contribution in [0.4, 0.5) is 0 Å². The van der Waals surface area contributed by atoms with Gasteiger partial charge in [0.05, 0.1) is 17.0 Å². The van der Waals surface area contributed by atoms with Crippen molar-refractivity contribution in [3.05, 3.63) is 58.7 Å². The average molecular weight is 323 g/mol. The molecule has 1 saturated heterocycles. The summed E-state index contributed by atoms with van der Waals surface area (Å²) in [6.45, 7) is 7.31. The number of likely N-dealkylation sites (tertiary alicyclic amines) is 1. The first-order valence-electron chi connectivity index (χ1n) is 8.69. The van der Waals surface area contributed by atoms with Gasteiger partial charge in [0.1, 0.15) is 5.82 Å². The Morgan fingerprint density at radius 3 is 2.21 bits per heavy atom. The Morgan fingerprint density at radius 1 is 1.04 bits per heavy atom. The fourth-order valence-electron chi connectivity index (χ4n) is 3.64. The number of aromatic nitrogens is 2. The van der Waals surface area contributed by atoms with Crippen LogP contribution in [0.1, 0.15) is 46.0 Å². The number of nitrogens with zero attached hydrogens (tertiary/aromatic N) is 3. The second-order valence-corrected chi connectivity index (χ2v) is 6.74. The van der Waals surface area contributed by atoms with Crippen molar-refractivity contribution in [3.8, 4) is 0 Å². The molecule has 0 bridgehead atoms. The number of rotatable bonds is 3. The molecule has 24 heavy (non-hydrogen) atoms. The number of benzene rings is 1. The molecule has 1 aliphatic rings. The molecule has 0 N–H and O–H groups in total. The molecule has 0 radical (unpaired) electrons. The summed E-state index contributed by atoms with van der Waals surface area (Å²) in [4.78, 5) is 23.6. The summed E-state index contributed by atoms with van der Waals surface area (Å²) in [5.41, 5.74) is 3.65. The van der Waals surface area contributed by atoms with Crippen molar-refractivity contribution in [3.63, 3.8) is 0 Å². The van der Waals surface area contributed by atoms with E-state index in [2.05, 4.69) is 40.3 Å². The minimum atomic E-state index is 0.0863. The highest BCUT2D eigenvalue weighted by Crippen LogP contribution is 2.24. The molecule has 1 fully saturated rings. The van der Waals surface area contributed by atoms with E-state index < -0.39 is 0 Å². The lowest BCUT2D eigenvalue weighted by molar-refractivity contribution is 0.0688. The lowest BCUT2D eigenvalue weighted by Gasteiger charge is -2.32. The SMILES string of the molecule is Cc1nc(C)c(C(=O)N2CCC(Cc3ccccc3)CC2)c(C)n1. The normalized spacial score (nSPS) is 15.5. The van der Waals surface area contributed by atoms with E-state index in [-0.39, 0.29) is 5.91 Å². The molecule has 1 aromatic carbocycles. The van der Waals surface area contributed by atoms with Gasteiger partial charge in [0.25, 0.3) is 5.91 Å². The molecule has 0 spiro atoms. The molecule has 1 amide bonds. The molecule has 0 atom stereocenters. The van der Waals surface area contributed by atoms with Crippen LogP contribution < -0.4 is 0 Å². The standard InChI is InChI=1S/C20H25N3O/c1-14-19(15(2)22-16(3)21-14)20(24)23-11-9-18(10-12-23)13-17-7-5-4-6-8-17/h4-8,18H,9-13H2,1-3H3. The van der Waals surface area contributed by atoms with Gasteiger partial charge >= 0.3 is 0 Å². The first-order chi connectivity index (χ1) is 11.5. The third-order valence-electron chi connectivity index (χ3n) is 4.87. The molecule has 3 rings (SSSR count). The van der Waals surface area contributed by atoms with Crippen molar-refractivity contribution in [1.82, 2.24) is 14.9 Å². The van der Waals surface area contributed by atoms with E-state index in [4.69, 9.17) is 0 Å². The number of aryl methyl sites for hydroxylation is 3. The molecule has 126 valence electrons. The number of carbonyl (C=O) groups excluding carboxylic acids is 1. The fourth-order valence-corrected chi connectivity index (χ4v) is 3.64. The largest absolute Gasteiger partial charge is 0.339 e. The second-order valence-electron chi connectivity index (χ2n) is 6.74. The Kier molecular flexibility index (Phi) is 4.93. The lowest BCUT2D eigenvalue weighted by atomic mass is 9.90. The summed E-state index contributed by atoms with van der Waals surface area (Å²) in [6.07, 6.45) is 3.23. The Hall–Kier alpha value is -2.23. The average Bonchev–Trinajstić information content (AvgIpc) is 2.55. The molecular formula is C20H25N3O. The molecule has 0 unspecified atom stereocenters. The zero-order valence-electron chi connectivity index (χ0n) is 14.7. The van der Waals surface area contributed by atoms with Crippen molar-refractivity contribution in [1.29, 1.82) is 0 Å². The van der Waals surface area contributed by atoms with Crippen molar-refractivity contribution >= 4 is 5.91 Å². The van der Waals surface area contributed by atoms with Crippen LogP contribution in [0.25, 0.3) is 0 Å². The zero-order chi connectivity index (χ0) is 17.1. The van der Waals surface area contributed by atoms with Crippen molar-refractivity contribution in [2.75, 3.05) is 13.1 Å². The lowest BCUT2D eigenvalue weighted by Crippen LogP contribution is -2.39. The van der Waals surface area contributed by atoms with E-state index in [1.54, 1.807) is 0 Å². The maximum Gasteiger partial charge on any atom is 0.257 e. The predicted octanol–water partition coefficient (Wildman–Crippen LogP) is 3.50. The Bertz CT molecular complexity index is 696. The Morgan fingerprint density at radius 2 is 1.62 bits per heavy atom. The van der Waals surface area contributed by atoms with Gasteiger partial charge < -0.3 is 4.90 Å². The van der Waals surface area contributed by atoms with Gasteiger partial charge in [-0.3, -0.25) is 4.79 Å². The first-order valence-corrected chi connectivity index (χ1v) is 8.69. The summed E-state index contributed by atoms with van der Waals surface area (Å²) in [6, 6.07) is 10.6. The van der Waals surface area contributed by atoms with Crippen LogP contribution in [0.5, 0.6) is 0 Å². The minimum Gasteiger partial charge on any atom is -0.339 e. The Balaban J connectivity index is 1.63. The molecular weight excluding hydrogens is 298 g/mol. The fraction of sp³-hybridized carbons (Fsp3) is 0.450.